The Kier molecular flexibility index (Phi) is 5.71. The summed E-state index contributed by atoms with van der Waals surface area (Å²) in [5.74, 6) is -0.506. The Morgan fingerprint density at radius 3 is 2.42 bits per heavy atom. The van der Waals surface area contributed by atoms with Crippen LogP contribution < -0.4 is 11.2 Å². The number of hydrogen-bond acceptors (Lipinski definition) is 4. The van der Waals surface area contributed by atoms with Gasteiger partial charge >= 0.3 is 5.69 Å². The van der Waals surface area contributed by atoms with Crippen LogP contribution in [0.1, 0.15) is 41.7 Å². The molecule has 1 aromatic carbocycles. The van der Waals surface area contributed by atoms with Gasteiger partial charge < -0.3 is 4.90 Å². The van der Waals surface area contributed by atoms with Gasteiger partial charge in [-0.3, -0.25) is 18.7 Å². The van der Waals surface area contributed by atoms with Crippen molar-refractivity contribution in [1.29, 1.82) is 0 Å². The minimum Gasteiger partial charge on any atom is -0.334 e. The van der Waals surface area contributed by atoms with Crippen LogP contribution in [-0.2, 0) is 20.5 Å². The minimum atomic E-state index is -0.487. The van der Waals surface area contributed by atoms with Crippen LogP contribution in [0.25, 0.3) is 11.0 Å². The summed E-state index contributed by atoms with van der Waals surface area (Å²) in [4.78, 5) is 44.3. The van der Waals surface area contributed by atoms with Crippen LogP contribution in [0.4, 0.5) is 4.39 Å². The summed E-state index contributed by atoms with van der Waals surface area (Å²) in [6, 6.07) is 9.53. The van der Waals surface area contributed by atoms with Crippen molar-refractivity contribution in [3.63, 3.8) is 0 Å². The Bertz CT molecular complexity index is 1240. The smallest absolute Gasteiger partial charge is 0.332 e. The van der Waals surface area contributed by atoms with E-state index in [1.807, 2.05) is 4.90 Å². The number of carbonyl (C=O) groups is 1. The molecule has 1 saturated carbocycles. The standard InChI is InChI=1S/C23H25FN4O3/c1-26-20-18(21(29)27(2)23(26)31)11-12-19(25-20)22(30)28(17-5-3-4-6-17)14-13-15-7-9-16(24)10-8-15/h7-12,17H,3-6,13-14H2,1-2H3. The van der Waals surface area contributed by atoms with Gasteiger partial charge in [0.25, 0.3) is 11.5 Å². The summed E-state index contributed by atoms with van der Waals surface area (Å²) in [6.45, 7) is 0.490. The SMILES string of the molecule is Cn1c(=O)c2ccc(C(=O)N(CCc3ccc(F)cc3)C3CCCC3)nc2n(C)c1=O. The van der Waals surface area contributed by atoms with Crippen LogP contribution in [-0.4, -0.2) is 37.5 Å². The van der Waals surface area contributed by atoms with Gasteiger partial charge in [-0.1, -0.05) is 25.0 Å². The predicted octanol–water partition coefficient (Wildman–Crippen LogP) is 2.40. The van der Waals surface area contributed by atoms with Gasteiger partial charge in [-0.05, 0) is 49.1 Å². The van der Waals surface area contributed by atoms with Crippen molar-refractivity contribution in [2.75, 3.05) is 6.54 Å². The van der Waals surface area contributed by atoms with Crippen LogP contribution in [0.2, 0.25) is 0 Å². The van der Waals surface area contributed by atoms with Crippen molar-refractivity contribution in [3.05, 3.63) is 74.3 Å². The largest absolute Gasteiger partial charge is 0.334 e. The van der Waals surface area contributed by atoms with Gasteiger partial charge in [-0.25, -0.2) is 14.2 Å². The Labute approximate surface area is 178 Å². The summed E-state index contributed by atoms with van der Waals surface area (Å²) < 4.78 is 15.5. The number of amides is 1. The first-order valence-corrected chi connectivity index (χ1v) is 10.5. The lowest BCUT2D eigenvalue weighted by molar-refractivity contribution is 0.0678. The molecular weight excluding hydrogens is 399 g/mol. The maximum absolute atomic E-state index is 13.4. The molecule has 162 valence electrons. The second kappa shape index (κ2) is 8.45. The lowest BCUT2D eigenvalue weighted by Gasteiger charge is -2.29. The van der Waals surface area contributed by atoms with Crippen molar-refractivity contribution in [3.8, 4) is 0 Å². The van der Waals surface area contributed by atoms with Gasteiger partial charge in [0.2, 0.25) is 0 Å². The lowest BCUT2D eigenvalue weighted by Crippen LogP contribution is -2.41. The summed E-state index contributed by atoms with van der Waals surface area (Å²) in [5.41, 5.74) is 0.437. The third-order valence-corrected chi connectivity index (χ3v) is 6.10. The quantitative estimate of drug-likeness (QED) is 0.630. The van der Waals surface area contributed by atoms with Crippen molar-refractivity contribution in [2.45, 2.75) is 38.1 Å². The van der Waals surface area contributed by atoms with Gasteiger partial charge in [0.1, 0.15) is 17.2 Å². The summed E-state index contributed by atoms with van der Waals surface area (Å²) in [6.07, 6.45) is 4.61. The Morgan fingerprint density at radius 2 is 1.74 bits per heavy atom. The second-order valence-electron chi connectivity index (χ2n) is 8.09. The van der Waals surface area contributed by atoms with E-state index in [9.17, 15) is 18.8 Å². The summed E-state index contributed by atoms with van der Waals surface area (Å²) in [7, 11) is 2.95. The Balaban J connectivity index is 1.67. The number of carbonyl (C=O) groups excluding carboxylic acids is 1. The monoisotopic (exact) mass is 424 g/mol. The van der Waals surface area contributed by atoms with E-state index in [0.717, 1.165) is 35.8 Å². The average molecular weight is 424 g/mol. The Morgan fingerprint density at radius 1 is 1.06 bits per heavy atom. The number of benzene rings is 1. The molecule has 0 atom stereocenters. The maximum Gasteiger partial charge on any atom is 0.332 e. The molecule has 4 rings (SSSR count). The van der Waals surface area contributed by atoms with E-state index in [4.69, 9.17) is 0 Å². The second-order valence-corrected chi connectivity index (χ2v) is 8.09. The summed E-state index contributed by atoms with van der Waals surface area (Å²) in [5, 5.41) is 0.292. The number of fused-ring (bicyclic) bond motifs is 1. The number of halogens is 1. The predicted molar refractivity (Wildman–Crippen MR) is 116 cm³/mol. The molecule has 0 bridgehead atoms. The van der Waals surface area contributed by atoms with Crippen molar-refractivity contribution in [2.24, 2.45) is 14.1 Å². The number of hydrogen-bond donors (Lipinski definition) is 0. The fourth-order valence-corrected chi connectivity index (χ4v) is 4.29. The van der Waals surface area contributed by atoms with Gasteiger partial charge in [0.15, 0.2) is 0 Å². The molecule has 0 unspecified atom stereocenters. The van der Waals surface area contributed by atoms with Crippen molar-refractivity contribution >= 4 is 16.9 Å². The molecule has 1 aliphatic carbocycles. The molecule has 0 radical (unpaired) electrons. The van der Waals surface area contributed by atoms with E-state index in [-0.39, 0.29) is 29.1 Å². The maximum atomic E-state index is 13.4. The first kappa shape index (κ1) is 21.0. The normalized spacial score (nSPS) is 14.3. The first-order chi connectivity index (χ1) is 14.9. The van der Waals surface area contributed by atoms with E-state index < -0.39 is 11.2 Å². The molecule has 1 aliphatic rings. The molecule has 1 fully saturated rings. The highest BCUT2D eigenvalue weighted by atomic mass is 19.1. The molecule has 1 amide bonds. The molecule has 0 N–H and O–H groups in total. The molecule has 7 nitrogen and oxygen atoms in total. The highest BCUT2D eigenvalue weighted by molar-refractivity contribution is 5.94. The topological polar surface area (TPSA) is 77.2 Å². The van der Waals surface area contributed by atoms with E-state index >= 15 is 0 Å². The van der Waals surface area contributed by atoms with E-state index in [0.29, 0.717) is 18.4 Å². The first-order valence-electron chi connectivity index (χ1n) is 10.5. The zero-order chi connectivity index (χ0) is 22.1. The molecular formula is C23H25FN4O3. The van der Waals surface area contributed by atoms with Gasteiger partial charge in [-0.2, -0.15) is 0 Å². The van der Waals surface area contributed by atoms with E-state index in [1.54, 1.807) is 24.3 Å². The van der Waals surface area contributed by atoms with Crippen molar-refractivity contribution in [1.82, 2.24) is 19.0 Å². The third-order valence-electron chi connectivity index (χ3n) is 6.10. The van der Waals surface area contributed by atoms with Crippen LogP contribution in [0.3, 0.4) is 0 Å². The third kappa shape index (κ3) is 4.02. The number of aryl methyl sites for hydroxylation is 1. The zero-order valence-corrected chi connectivity index (χ0v) is 17.7. The molecule has 8 heteroatoms. The van der Waals surface area contributed by atoms with Crippen LogP contribution in [0, 0.1) is 5.82 Å². The van der Waals surface area contributed by atoms with Crippen LogP contribution in [0.5, 0.6) is 0 Å². The highest BCUT2D eigenvalue weighted by Crippen LogP contribution is 2.25. The fraction of sp³-hybridized carbons (Fsp3) is 0.391. The zero-order valence-electron chi connectivity index (χ0n) is 17.7. The molecule has 0 aliphatic heterocycles. The highest BCUT2D eigenvalue weighted by Gasteiger charge is 2.28. The number of aromatic nitrogens is 3. The van der Waals surface area contributed by atoms with Gasteiger partial charge in [0.05, 0.1) is 5.39 Å². The number of nitrogens with zero attached hydrogens (tertiary/aromatic N) is 4. The van der Waals surface area contributed by atoms with Crippen LogP contribution in [0.15, 0.2) is 46.0 Å². The lowest BCUT2D eigenvalue weighted by atomic mass is 10.1. The molecule has 3 aromatic rings. The molecule has 31 heavy (non-hydrogen) atoms. The minimum absolute atomic E-state index is 0.123. The van der Waals surface area contributed by atoms with E-state index in [1.165, 1.54) is 30.8 Å². The van der Waals surface area contributed by atoms with Crippen molar-refractivity contribution < 1.29 is 9.18 Å². The van der Waals surface area contributed by atoms with Crippen LogP contribution >= 0.6 is 0 Å². The molecule has 2 heterocycles. The molecule has 2 aromatic heterocycles. The fourth-order valence-electron chi connectivity index (χ4n) is 4.29. The Hall–Kier alpha value is -3.29. The average Bonchev–Trinajstić information content (AvgIpc) is 3.31. The van der Waals surface area contributed by atoms with Gasteiger partial charge in [-0.15, -0.1) is 0 Å². The summed E-state index contributed by atoms with van der Waals surface area (Å²) >= 11 is 0. The number of rotatable bonds is 5. The molecule has 0 saturated heterocycles. The number of pyridine rings is 1. The molecule has 0 spiro atoms. The van der Waals surface area contributed by atoms with E-state index in [2.05, 4.69) is 4.98 Å². The van der Waals surface area contributed by atoms with Gasteiger partial charge in [0, 0.05) is 26.7 Å².